The van der Waals surface area contributed by atoms with Gasteiger partial charge in [-0.25, -0.2) is 0 Å². The average molecular weight is 149 g/mol. The number of likely N-dealkylation sites (N-methyl/N-ethyl adjacent to an activating group) is 1. The number of rotatable bonds is 4. The molecule has 0 aliphatic rings. The highest BCUT2D eigenvalue weighted by atomic mass is 16.5. The number of hydrogen-bond donors (Lipinski definition) is 3. The molecule has 3 N–H and O–H groups in total. The Morgan fingerprint density at radius 1 is 1.30 bits per heavy atom. The van der Waals surface area contributed by atoms with Crippen LogP contribution < -0.4 is 0 Å². The summed E-state index contributed by atoms with van der Waals surface area (Å²) in [5.74, 6) is -1.75. The van der Waals surface area contributed by atoms with Crippen molar-refractivity contribution in [1.82, 2.24) is 4.90 Å². The van der Waals surface area contributed by atoms with Crippen LogP contribution in [0.4, 0.5) is 0 Å². The van der Waals surface area contributed by atoms with Crippen LogP contribution in [0.25, 0.3) is 0 Å². The largest absolute Gasteiger partial charge is 0.396 e. The summed E-state index contributed by atoms with van der Waals surface area (Å²) in [5.41, 5.74) is 0. The van der Waals surface area contributed by atoms with E-state index in [9.17, 15) is 0 Å². The molecule has 4 nitrogen and oxygen atoms in total. The van der Waals surface area contributed by atoms with Gasteiger partial charge in [0.05, 0.1) is 6.54 Å². The van der Waals surface area contributed by atoms with E-state index in [4.69, 9.17) is 15.3 Å². The van der Waals surface area contributed by atoms with Gasteiger partial charge in [-0.3, -0.25) is 0 Å². The summed E-state index contributed by atoms with van der Waals surface area (Å²) in [6.07, 6.45) is -0.00875. The summed E-state index contributed by atoms with van der Waals surface area (Å²) in [6, 6.07) is 0. The van der Waals surface area contributed by atoms with Gasteiger partial charge in [0, 0.05) is 13.0 Å². The van der Waals surface area contributed by atoms with E-state index in [1.54, 1.807) is 19.0 Å². The van der Waals surface area contributed by atoms with Gasteiger partial charge in [0.15, 0.2) is 5.79 Å². The molecular formula is C6H15NO3. The van der Waals surface area contributed by atoms with Crippen molar-refractivity contribution in [2.75, 3.05) is 27.2 Å². The van der Waals surface area contributed by atoms with E-state index in [0.717, 1.165) is 0 Å². The Balaban J connectivity index is 3.63. The van der Waals surface area contributed by atoms with Gasteiger partial charge in [-0.05, 0) is 14.1 Å². The maximum Gasteiger partial charge on any atom is 0.177 e. The van der Waals surface area contributed by atoms with Crippen molar-refractivity contribution >= 4 is 0 Å². The zero-order valence-electron chi connectivity index (χ0n) is 6.41. The Morgan fingerprint density at radius 3 is 2.10 bits per heavy atom. The molecule has 0 fully saturated rings. The lowest BCUT2D eigenvalue weighted by Gasteiger charge is -2.24. The molecule has 0 saturated heterocycles. The van der Waals surface area contributed by atoms with Gasteiger partial charge >= 0.3 is 0 Å². The molecular weight excluding hydrogens is 134 g/mol. The van der Waals surface area contributed by atoms with E-state index < -0.39 is 5.79 Å². The summed E-state index contributed by atoms with van der Waals surface area (Å²) in [7, 11) is 3.47. The minimum atomic E-state index is -1.75. The molecule has 0 unspecified atom stereocenters. The van der Waals surface area contributed by atoms with Gasteiger partial charge in [-0.1, -0.05) is 0 Å². The first-order valence-corrected chi connectivity index (χ1v) is 3.18. The van der Waals surface area contributed by atoms with E-state index in [1.165, 1.54) is 0 Å². The third-order valence-corrected chi connectivity index (χ3v) is 1.08. The van der Waals surface area contributed by atoms with E-state index in [-0.39, 0.29) is 19.6 Å². The van der Waals surface area contributed by atoms with E-state index >= 15 is 0 Å². The predicted octanol–water partition coefficient (Wildman–Crippen LogP) is -1.39. The maximum atomic E-state index is 9.04. The summed E-state index contributed by atoms with van der Waals surface area (Å²) < 4.78 is 0. The highest BCUT2D eigenvalue weighted by Crippen LogP contribution is 2.04. The summed E-state index contributed by atoms with van der Waals surface area (Å²) >= 11 is 0. The molecule has 62 valence electrons. The van der Waals surface area contributed by atoms with Crippen LogP contribution in [0.2, 0.25) is 0 Å². The van der Waals surface area contributed by atoms with E-state index in [2.05, 4.69) is 0 Å². The molecule has 0 atom stereocenters. The Bertz CT molecular complexity index is 93.0. The van der Waals surface area contributed by atoms with Gasteiger partial charge in [0.2, 0.25) is 0 Å². The molecule has 0 radical (unpaired) electrons. The van der Waals surface area contributed by atoms with Crippen molar-refractivity contribution in [3.63, 3.8) is 0 Å². The van der Waals surface area contributed by atoms with Crippen LogP contribution in [-0.4, -0.2) is 53.3 Å². The first-order chi connectivity index (χ1) is 4.48. The summed E-state index contributed by atoms with van der Waals surface area (Å²) in [5, 5.41) is 26.5. The molecule has 0 spiro atoms. The van der Waals surface area contributed by atoms with Gasteiger partial charge < -0.3 is 20.2 Å². The maximum absolute atomic E-state index is 9.04. The normalized spacial score (nSPS) is 12.6. The third kappa shape index (κ3) is 4.69. The lowest BCUT2D eigenvalue weighted by molar-refractivity contribution is -0.178. The molecule has 0 aliphatic heterocycles. The van der Waals surface area contributed by atoms with Crippen molar-refractivity contribution in [2.24, 2.45) is 0 Å². The Kier molecular flexibility index (Phi) is 3.81. The predicted molar refractivity (Wildman–Crippen MR) is 37.4 cm³/mol. The van der Waals surface area contributed by atoms with Crippen molar-refractivity contribution < 1.29 is 15.3 Å². The molecule has 0 amide bonds. The molecule has 10 heavy (non-hydrogen) atoms. The van der Waals surface area contributed by atoms with Crippen molar-refractivity contribution in [3.05, 3.63) is 0 Å². The van der Waals surface area contributed by atoms with Crippen LogP contribution in [0.5, 0.6) is 0 Å². The molecule has 4 heteroatoms. The molecule has 0 aromatic carbocycles. The Hall–Kier alpha value is -0.160. The molecule has 0 aliphatic carbocycles. The highest BCUT2D eigenvalue weighted by Gasteiger charge is 2.22. The van der Waals surface area contributed by atoms with Crippen LogP contribution in [0, 0.1) is 0 Å². The lowest BCUT2D eigenvalue weighted by Crippen LogP contribution is -2.40. The SMILES string of the molecule is CN(C)CC(O)(O)CCO. The van der Waals surface area contributed by atoms with E-state index in [0.29, 0.717) is 0 Å². The van der Waals surface area contributed by atoms with Crippen LogP contribution in [-0.2, 0) is 0 Å². The van der Waals surface area contributed by atoms with Gasteiger partial charge in [0.25, 0.3) is 0 Å². The minimum Gasteiger partial charge on any atom is -0.396 e. The van der Waals surface area contributed by atoms with E-state index in [1.807, 2.05) is 0 Å². The van der Waals surface area contributed by atoms with Crippen molar-refractivity contribution in [3.8, 4) is 0 Å². The molecule has 0 aromatic heterocycles. The average Bonchev–Trinajstić information content (AvgIpc) is 1.59. The third-order valence-electron chi connectivity index (χ3n) is 1.08. The Labute approximate surface area is 60.7 Å². The van der Waals surface area contributed by atoms with Gasteiger partial charge in [-0.15, -0.1) is 0 Å². The van der Waals surface area contributed by atoms with Crippen molar-refractivity contribution in [2.45, 2.75) is 12.2 Å². The molecule has 0 aromatic rings. The lowest BCUT2D eigenvalue weighted by atomic mass is 10.2. The molecule has 0 bridgehead atoms. The van der Waals surface area contributed by atoms with Crippen LogP contribution >= 0.6 is 0 Å². The van der Waals surface area contributed by atoms with Crippen LogP contribution in [0.3, 0.4) is 0 Å². The number of aliphatic hydroxyl groups excluding tert-OH is 1. The fourth-order valence-electron chi connectivity index (χ4n) is 0.765. The fraction of sp³-hybridized carbons (Fsp3) is 1.00. The zero-order chi connectivity index (χ0) is 8.20. The number of nitrogens with zero attached hydrogens (tertiary/aromatic N) is 1. The fourth-order valence-corrected chi connectivity index (χ4v) is 0.765. The first kappa shape index (κ1) is 9.84. The standard InChI is InChI=1S/C6H15NO3/c1-7(2)5-6(9,10)3-4-8/h8-10H,3-5H2,1-2H3. The molecule has 0 heterocycles. The summed E-state index contributed by atoms with van der Waals surface area (Å²) in [6.45, 7) is -0.0611. The van der Waals surface area contributed by atoms with Crippen LogP contribution in [0.1, 0.15) is 6.42 Å². The monoisotopic (exact) mass is 149 g/mol. The smallest absolute Gasteiger partial charge is 0.177 e. The highest BCUT2D eigenvalue weighted by molar-refractivity contribution is 4.66. The number of aliphatic hydroxyl groups is 3. The zero-order valence-corrected chi connectivity index (χ0v) is 6.41. The second-order valence-electron chi connectivity index (χ2n) is 2.69. The molecule has 0 rings (SSSR count). The van der Waals surface area contributed by atoms with Gasteiger partial charge in [-0.2, -0.15) is 0 Å². The summed E-state index contributed by atoms with van der Waals surface area (Å²) in [4.78, 5) is 1.65. The van der Waals surface area contributed by atoms with Crippen LogP contribution in [0.15, 0.2) is 0 Å². The minimum absolute atomic E-state index is 0.00875. The first-order valence-electron chi connectivity index (χ1n) is 3.18. The van der Waals surface area contributed by atoms with Gasteiger partial charge in [0.1, 0.15) is 0 Å². The number of hydrogen-bond acceptors (Lipinski definition) is 4. The topological polar surface area (TPSA) is 63.9 Å². The molecule has 0 saturated carbocycles. The second kappa shape index (κ2) is 3.88. The Morgan fingerprint density at radius 2 is 1.80 bits per heavy atom. The van der Waals surface area contributed by atoms with Crippen molar-refractivity contribution in [1.29, 1.82) is 0 Å². The quantitative estimate of drug-likeness (QED) is 0.431. The second-order valence-corrected chi connectivity index (χ2v) is 2.69.